The number of aromatic nitrogens is 3. The highest BCUT2D eigenvalue weighted by Crippen LogP contribution is 2.35. The number of halogens is 1. The third-order valence-electron chi connectivity index (χ3n) is 3.47. The highest BCUT2D eigenvalue weighted by molar-refractivity contribution is 7.92. The van der Waals surface area contributed by atoms with Crippen LogP contribution in [0.15, 0.2) is 36.5 Å². The van der Waals surface area contributed by atoms with Crippen molar-refractivity contribution in [2.24, 2.45) is 0 Å². The second kappa shape index (κ2) is 5.39. The fourth-order valence-electron chi connectivity index (χ4n) is 2.28. The van der Waals surface area contributed by atoms with Crippen molar-refractivity contribution >= 4 is 32.8 Å². The summed E-state index contributed by atoms with van der Waals surface area (Å²) in [7, 11) is -1.96. The molecule has 0 amide bonds. The Labute approximate surface area is 137 Å². The number of rotatable bonds is 3. The van der Waals surface area contributed by atoms with Gasteiger partial charge < -0.3 is 5.11 Å². The Kier molecular flexibility index (Phi) is 3.65. The number of sulfonamides is 1. The predicted octanol–water partition coefficient (Wildman–Crippen LogP) is 2.15. The van der Waals surface area contributed by atoms with Gasteiger partial charge in [0.15, 0.2) is 0 Å². The van der Waals surface area contributed by atoms with E-state index in [0.29, 0.717) is 27.5 Å². The predicted molar refractivity (Wildman–Crippen MR) is 88.3 cm³/mol. The molecule has 1 aromatic carbocycles. The summed E-state index contributed by atoms with van der Waals surface area (Å²) in [5.74, 6) is 0. The molecule has 0 unspecified atom stereocenters. The number of aromatic hydroxyl groups is 1. The summed E-state index contributed by atoms with van der Waals surface area (Å²) in [5.41, 5.74) is 2.15. The largest absolute Gasteiger partial charge is 0.478 e. The van der Waals surface area contributed by atoms with E-state index in [9.17, 15) is 13.5 Å². The maximum absolute atomic E-state index is 11.9. The van der Waals surface area contributed by atoms with E-state index in [4.69, 9.17) is 11.6 Å². The topological polar surface area (TPSA) is 87.8 Å². The third-order valence-corrected chi connectivity index (χ3v) is 4.97. The minimum Gasteiger partial charge on any atom is -0.478 e. The Morgan fingerprint density at radius 3 is 2.70 bits per heavy atom. The minimum absolute atomic E-state index is 0.400. The van der Waals surface area contributed by atoms with Gasteiger partial charge in [-0.2, -0.15) is 0 Å². The molecule has 0 aliphatic heterocycles. The van der Waals surface area contributed by atoms with Crippen LogP contribution in [0, 0.1) is 0 Å². The zero-order valence-corrected chi connectivity index (χ0v) is 13.9. The van der Waals surface area contributed by atoms with Gasteiger partial charge in [0.1, 0.15) is 5.52 Å². The van der Waals surface area contributed by atoms with Crippen molar-refractivity contribution in [2.45, 2.75) is 0 Å². The van der Waals surface area contributed by atoms with Gasteiger partial charge >= 0.3 is 6.01 Å². The van der Waals surface area contributed by atoms with Crippen molar-refractivity contribution in [3.8, 4) is 17.3 Å². The fraction of sp³-hybridized carbons (Fsp3) is 0.143. The summed E-state index contributed by atoms with van der Waals surface area (Å²) < 4.78 is 26.3. The molecule has 0 saturated heterocycles. The lowest BCUT2D eigenvalue weighted by Crippen LogP contribution is -2.25. The Morgan fingerprint density at radius 2 is 2.00 bits per heavy atom. The number of para-hydroxylation sites is 1. The van der Waals surface area contributed by atoms with E-state index >= 15 is 0 Å². The van der Waals surface area contributed by atoms with Gasteiger partial charge in [-0.1, -0.05) is 29.8 Å². The van der Waals surface area contributed by atoms with Crippen molar-refractivity contribution < 1.29 is 13.5 Å². The monoisotopic (exact) mass is 352 g/mol. The van der Waals surface area contributed by atoms with E-state index in [1.165, 1.54) is 22.1 Å². The molecule has 0 bridgehead atoms. The van der Waals surface area contributed by atoms with E-state index in [-0.39, 0.29) is 0 Å². The molecule has 0 spiro atoms. The fourth-order valence-corrected chi connectivity index (χ4v) is 3.03. The van der Waals surface area contributed by atoms with Crippen LogP contribution >= 0.6 is 11.6 Å². The number of anilines is 1. The minimum atomic E-state index is -3.43. The van der Waals surface area contributed by atoms with Crippen LogP contribution in [0.3, 0.4) is 0 Å². The molecule has 0 atom stereocenters. The van der Waals surface area contributed by atoms with Gasteiger partial charge in [0, 0.05) is 12.6 Å². The van der Waals surface area contributed by atoms with Gasteiger partial charge in [-0.3, -0.25) is 4.31 Å². The molecule has 0 aliphatic carbocycles. The van der Waals surface area contributed by atoms with Gasteiger partial charge in [-0.05, 0) is 12.1 Å². The molecule has 23 heavy (non-hydrogen) atoms. The number of fused-ring (bicyclic) bond motifs is 1. The van der Waals surface area contributed by atoms with Crippen LogP contribution in [-0.4, -0.2) is 41.4 Å². The van der Waals surface area contributed by atoms with Crippen LogP contribution in [0.2, 0.25) is 5.02 Å². The summed E-state index contributed by atoms with van der Waals surface area (Å²) in [4.78, 5) is 3.70. The Balaban J connectivity index is 2.31. The lowest BCUT2D eigenvalue weighted by Gasteiger charge is -2.20. The molecule has 7 nitrogen and oxygen atoms in total. The molecule has 3 aromatic rings. The van der Waals surface area contributed by atoms with Crippen LogP contribution in [0.5, 0.6) is 6.01 Å². The number of nitrogens with zero attached hydrogens (tertiary/aromatic N) is 4. The molecule has 120 valence electrons. The first-order chi connectivity index (χ1) is 10.8. The van der Waals surface area contributed by atoms with Crippen molar-refractivity contribution in [1.29, 1.82) is 0 Å². The highest BCUT2D eigenvalue weighted by atomic mass is 35.5. The Hall–Kier alpha value is -2.32. The standard InChI is InChI=1S/C14H13ClN4O3S/c1-18(23(2,21)22)11-6-4-3-5-9(11)12-7-10(15)13-8-16-14(20)17-19(12)13/h3-8H,1-2H3,(H,17,20). The van der Waals surface area contributed by atoms with E-state index < -0.39 is 16.0 Å². The molecule has 0 fully saturated rings. The van der Waals surface area contributed by atoms with Crippen molar-refractivity contribution in [3.05, 3.63) is 41.6 Å². The molecule has 3 rings (SSSR count). The number of benzene rings is 1. The first-order valence-corrected chi connectivity index (χ1v) is 8.78. The third kappa shape index (κ3) is 2.71. The summed E-state index contributed by atoms with van der Waals surface area (Å²) in [5, 5.41) is 13.9. The first kappa shape index (κ1) is 15.6. The van der Waals surface area contributed by atoms with Crippen molar-refractivity contribution in [2.75, 3.05) is 17.6 Å². The average Bonchev–Trinajstić information content (AvgIpc) is 2.82. The molecule has 9 heteroatoms. The molecule has 0 aliphatic rings. The summed E-state index contributed by atoms with van der Waals surface area (Å²) in [6, 6.07) is 8.21. The van der Waals surface area contributed by atoms with E-state index in [0.717, 1.165) is 6.26 Å². The maximum Gasteiger partial charge on any atom is 0.331 e. The van der Waals surface area contributed by atoms with Gasteiger partial charge in [-0.25, -0.2) is 17.9 Å². The average molecular weight is 353 g/mol. The van der Waals surface area contributed by atoms with Crippen LogP contribution in [0.1, 0.15) is 0 Å². The zero-order valence-electron chi connectivity index (χ0n) is 12.3. The van der Waals surface area contributed by atoms with Gasteiger partial charge in [-0.15, -0.1) is 5.10 Å². The SMILES string of the molecule is CN(c1ccccc1-c1cc(Cl)c2cnc(O)nn12)S(C)(=O)=O. The quantitative estimate of drug-likeness (QED) is 0.780. The summed E-state index contributed by atoms with van der Waals surface area (Å²) >= 11 is 6.19. The van der Waals surface area contributed by atoms with Crippen LogP contribution < -0.4 is 4.31 Å². The normalized spacial score (nSPS) is 11.8. The lowest BCUT2D eigenvalue weighted by atomic mass is 10.1. The molecule has 2 heterocycles. The number of hydrogen-bond acceptors (Lipinski definition) is 5. The van der Waals surface area contributed by atoms with Crippen LogP contribution in [0.4, 0.5) is 5.69 Å². The van der Waals surface area contributed by atoms with Crippen molar-refractivity contribution in [3.63, 3.8) is 0 Å². The molecule has 2 aromatic heterocycles. The Bertz CT molecular complexity index is 1000. The smallest absolute Gasteiger partial charge is 0.331 e. The van der Waals surface area contributed by atoms with Crippen LogP contribution in [0.25, 0.3) is 16.8 Å². The molecular weight excluding hydrogens is 340 g/mol. The van der Waals surface area contributed by atoms with Gasteiger partial charge in [0.05, 0.1) is 28.9 Å². The van der Waals surface area contributed by atoms with Gasteiger partial charge in [0.2, 0.25) is 10.0 Å². The van der Waals surface area contributed by atoms with Crippen molar-refractivity contribution in [1.82, 2.24) is 14.6 Å². The maximum atomic E-state index is 11.9. The molecule has 1 N–H and O–H groups in total. The second-order valence-corrected chi connectivity index (χ2v) is 7.40. The van der Waals surface area contributed by atoms with E-state index in [1.54, 1.807) is 30.3 Å². The Morgan fingerprint density at radius 1 is 1.30 bits per heavy atom. The van der Waals surface area contributed by atoms with Crippen LogP contribution in [-0.2, 0) is 10.0 Å². The molecule has 0 radical (unpaired) electrons. The van der Waals surface area contributed by atoms with Gasteiger partial charge in [0.25, 0.3) is 0 Å². The highest BCUT2D eigenvalue weighted by Gasteiger charge is 2.20. The van der Waals surface area contributed by atoms with E-state index in [1.807, 2.05) is 0 Å². The molecule has 0 saturated carbocycles. The first-order valence-electron chi connectivity index (χ1n) is 6.55. The summed E-state index contributed by atoms with van der Waals surface area (Å²) in [6.45, 7) is 0. The lowest BCUT2D eigenvalue weighted by molar-refractivity contribution is 0.419. The second-order valence-electron chi connectivity index (χ2n) is 4.98. The summed E-state index contributed by atoms with van der Waals surface area (Å²) in [6.07, 6.45) is 2.53. The number of hydrogen-bond donors (Lipinski definition) is 1. The zero-order chi connectivity index (χ0) is 16.8. The molecular formula is C14H13ClN4O3S. The van der Waals surface area contributed by atoms with E-state index in [2.05, 4.69) is 10.1 Å².